The third-order valence-corrected chi connectivity index (χ3v) is 1.97. The summed E-state index contributed by atoms with van der Waals surface area (Å²) in [6.07, 6.45) is 2.13. The molecule has 98 valence electrons. The lowest BCUT2D eigenvalue weighted by Crippen LogP contribution is -2.32. The molecule has 0 amide bonds. The number of aliphatic carboxylic acids is 1. The van der Waals surface area contributed by atoms with E-state index in [0.29, 0.717) is 6.61 Å². The van der Waals surface area contributed by atoms with Gasteiger partial charge in [0.15, 0.2) is 0 Å². The summed E-state index contributed by atoms with van der Waals surface area (Å²) in [5, 5.41) is 8.68. The van der Waals surface area contributed by atoms with Gasteiger partial charge < -0.3 is 9.84 Å². The predicted octanol–water partition coefficient (Wildman–Crippen LogP) is 2.02. The van der Waals surface area contributed by atoms with Crippen LogP contribution in [0.25, 0.3) is 0 Å². The maximum atomic E-state index is 10.6. The van der Waals surface area contributed by atoms with E-state index < -0.39 is 5.97 Å². The Morgan fingerprint density at radius 2 is 2.00 bits per heavy atom. The van der Waals surface area contributed by atoms with Crippen molar-refractivity contribution in [3.05, 3.63) is 0 Å². The normalized spacial score (nSPS) is 10.6. The number of carboxylic acid groups (broad SMARTS) is 1. The third kappa shape index (κ3) is 11.8. The zero-order chi connectivity index (χ0) is 11.7. The zero-order valence-corrected chi connectivity index (χ0v) is 11.3. The van der Waals surface area contributed by atoms with Gasteiger partial charge in [0.25, 0.3) is 0 Å². The standard InChI is InChI=1S/C11H23NO3.ClH/c1-4-6-12(9-11(13)14)7-5-8-15-10(2)3;/h10H,4-9H2,1-3H3,(H,13,14);1H. The molecular formula is C11H24ClNO3. The SMILES string of the molecule is CCCN(CCCOC(C)C)CC(=O)O.Cl. The molecule has 0 atom stereocenters. The molecule has 0 aliphatic heterocycles. The first-order valence-corrected chi connectivity index (χ1v) is 5.62. The Balaban J connectivity index is 0. The van der Waals surface area contributed by atoms with Crippen LogP contribution in [0.3, 0.4) is 0 Å². The summed E-state index contributed by atoms with van der Waals surface area (Å²) in [5.41, 5.74) is 0. The van der Waals surface area contributed by atoms with Crippen LogP contribution in [0, 0.1) is 0 Å². The lowest BCUT2D eigenvalue weighted by molar-refractivity contribution is -0.138. The van der Waals surface area contributed by atoms with Gasteiger partial charge in [-0.05, 0) is 33.2 Å². The number of carboxylic acids is 1. The molecule has 0 aromatic carbocycles. The molecule has 1 N–H and O–H groups in total. The highest BCUT2D eigenvalue weighted by molar-refractivity contribution is 5.85. The molecule has 0 aliphatic carbocycles. The number of hydrogen-bond donors (Lipinski definition) is 1. The maximum absolute atomic E-state index is 10.6. The second-order valence-electron chi connectivity index (χ2n) is 3.94. The van der Waals surface area contributed by atoms with Crippen molar-refractivity contribution in [1.29, 1.82) is 0 Å². The van der Waals surface area contributed by atoms with Crippen LogP contribution in [0.1, 0.15) is 33.6 Å². The van der Waals surface area contributed by atoms with E-state index in [4.69, 9.17) is 9.84 Å². The largest absolute Gasteiger partial charge is 0.480 e. The monoisotopic (exact) mass is 253 g/mol. The first-order valence-electron chi connectivity index (χ1n) is 5.62. The van der Waals surface area contributed by atoms with Gasteiger partial charge >= 0.3 is 5.97 Å². The van der Waals surface area contributed by atoms with Crippen LogP contribution in [0.4, 0.5) is 0 Å². The van der Waals surface area contributed by atoms with Crippen LogP contribution in [0.15, 0.2) is 0 Å². The first-order chi connectivity index (χ1) is 7.06. The molecule has 16 heavy (non-hydrogen) atoms. The fraction of sp³-hybridized carbons (Fsp3) is 0.909. The van der Waals surface area contributed by atoms with Gasteiger partial charge in [-0.2, -0.15) is 0 Å². The van der Waals surface area contributed by atoms with Crippen LogP contribution < -0.4 is 0 Å². The molecule has 4 nitrogen and oxygen atoms in total. The Hall–Kier alpha value is -0.320. The molecule has 0 unspecified atom stereocenters. The van der Waals surface area contributed by atoms with E-state index in [9.17, 15) is 4.79 Å². The van der Waals surface area contributed by atoms with Gasteiger partial charge in [-0.25, -0.2) is 0 Å². The minimum atomic E-state index is -0.756. The van der Waals surface area contributed by atoms with E-state index in [1.165, 1.54) is 0 Å². The molecule has 0 fully saturated rings. The van der Waals surface area contributed by atoms with Crippen LogP contribution in [0.2, 0.25) is 0 Å². The second-order valence-corrected chi connectivity index (χ2v) is 3.94. The van der Waals surface area contributed by atoms with Crippen molar-refractivity contribution in [3.63, 3.8) is 0 Å². The van der Waals surface area contributed by atoms with Crippen LogP contribution in [-0.4, -0.2) is 48.3 Å². The molecule has 0 heterocycles. The van der Waals surface area contributed by atoms with Gasteiger partial charge in [0.1, 0.15) is 0 Å². The minimum absolute atomic E-state index is 0. The highest BCUT2D eigenvalue weighted by Crippen LogP contribution is 1.96. The van der Waals surface area contributed by atoms with E-state index in [0.717, 1.165) is 25.9 Å². The molecule has 0 aromatic heterocycles. The van der Waals surface area contributed by atoms with E-state index in [1.54, 1.807) is 0 Å². The lowest BCUT2D eigenvalue weighted by atomic mass is 10.3. The summed E-state index contributed by atoms with van der Waals surface area (Å²) in [6.45, 7) is 8.54. The number of halogens is 1. The summed E-state index contributed by atoms with van der Waals surface area (Å²) in [4.78, 5) is 12.5. The Kier molecular flexibility index (Phi) is 12.6. The van der Waals surface area contributed by atoms with Crippen molar-refractivity contribution in [2.45, 2.75) is 39.7 Å². The Morgan fingerprint density at radius 1 is 1.38 bits per heavy atom. The van der Waals surface area contributed by atoms with Crippen molar-refractivity contribution >= 4 is 18.4 Å². The highest BCUT2D eigenvalue weighted by atomic mass is 35.5. The van der Waals surface area contributed by atoms with Crippen LogP contribution in [-0.2, 0) is 9.53 Å². The van der Waals surface area contributed by atoms with E-state index in [2.05, 4.69) is 6.92 Å². The summed E-state index contributed by atoms with van der Waals surface area (Å²) < 4.78 is 5.40. The lowest BCUT2D eigenvalue weighted by Gasteiger charge is -2.19. The molecule has 0 aromatic rings. The van der Waals surface area contributed by atoms with Gasteiger partial charge in [0.05, 0.1) is 12.6 Å². The van der Waals surface area contributed by atoms with Gasteiger partial charge in [-0.3, -0.25) is 9.69 Å². The number of hydrogen-bond acceptors (Lipinski definition) is 3. The third-order valence-electron chi connectivity index (χ3n) is 1.97. The molecule has 0 saturated carbocycles. The van der Waals surface area contributed by atoms with Crippen molar-refractivity contribution in [2.24, 2.45) is 0 Å². The van der Waals surface area contributed by atoms with Crippen molar-refractivity contribution in [2.75, 3.05) is 26.2 Å². The predicted molar refractivity (Wildman–Crippen MR) is 67.3 cm³/mol. The first kappa shape index (κ1) is 18.1. The molecule has 0 saturated heterocycles. The van der Waals surface area contributed by atoms with E-state index >= 15 is 0 Å². The average Bonchev–Trinajstić information content (AvgIpc) is 2.11. The zero-order valence-electron chi connectivity index (χ0n) is 10.4. The quantitative estimate of drug-likeness (QED) is 0.639. The molecule has 0 rings (SSSR count). The molecule has 0 radical (unpaired) electrons. The smallest absolute Gasteiger partial charge is 0.317 e. The summed E-state index contributed by atoms with van der Waals surface area (Å²) in [7, 11) is 0. The van der Waals surface area contributed by atoms with Crippen molar-refractivity contribution < 1.29 is 14.6 Å². The maximum Gasteiger partial charge on any atom is 0.317 e. The fourth-order valence-electron chi connectivity index (χ4n) is 1.38. The van der Waals surface area contributed by atoms with Gasteiger partial charge in [0.2, 0.25) is 0 Å². The summed E-state index contributed by atoms with van der Waals surface area (Å²) >= 11 is 0. The number of carbonyl (C=O) groups is 1. The topological polar surface area (TPSA) is 49.8 Å². The van der Waals surface area contributed by atoms with Crippen LogP contribution >= 0.6 is 12.4 Å². The highest BCUT2D eigenvalue weighted by Gasteiger charge is 2.07. The molecule has 0 aliphatic rings. The van der Waals surface area contributed by atoms with Gasteiger partial charge in [-0.15, -0.1) is 12.4 Å². The number of rotatable bonds is 9. The minimum Gasteiger partial charge on any atom is -0.480 e. The van der Waals surface area contributed by atoms with Crippen molar-refractivity contribution in [3.8, 4) is 0 Å². The molecule has 5 heteroatoms. The summed E-state index contributed by atoms with van der Waals surface area (Å²) in [5.74, 6) is -0.756. The second kappa shape index (κ2) is 11.2. The van der Waals surface area contributed by atoms with Gasteiger partial charge in [-0.1, -0.05) is 6.92 Å². The van der Waals surface area contributed by atoms with E-state index in [-0.39, 0.29) is 25.1 Å². The van der Waals surface area contributed by atoms with Gasteiger partial charge in [0, 0.05) is 13.2 Å². The molecule has 0 bridgehead atoms. The van der Waals surface area contributed by atoms with Crippen LogP contribution in [0.5, 0.6) is 0 Å². The van der Waals surface area contributed by atoms with E-state index in [1.807, 2.05) is 18.7 Å². The Labute approximate surface area is 104 Å². The molecule has 0 spiro atoms. The van der Waals surface area contributed by atoms with Crippen molar-refractivity contribution in [1.82, 2.24) is 4.90 Å². The number of nitrogens with zero attached hydrogens (tertiary/aromatic N) is 1. The summed E-state index contributed by atoms with van der Waals surface area (Å²) in [6, 6.07) is 0. The Morgan fingerprint density at radius 3 is 2.44 bits per heavy atom. The molecular weight excluding hydrogens is 230 g/mol. The Bertz CT molecular complexity index is 177. The number of ether oxygens (including phenoxy) is 1. The average molecular weight is 254 g/mol. The fourth-order valence-corrected chi connectivity index (χ4v) is 1.38.